The maximum Gasteiger partial charge on any atom is 0.273 e. The first-order valence-electron chi connectivity index (χ1n) is 10.3. The predicted molar refractivity (Wildman–Crippen MR) is 127 cm³/mol. The topological polar surface area (TPSA) is 53.9 Å². The second-order valence-corrected chi connectivity index (χ2v) is 11.1. The van der Waals surface area contributed by atoms with Crippen LogP contribution >= 0.6 is 19.9 Å². The van der Waals surface area contributed by atoms with E-state index in [1.165, 1.54) is 12.1 Å². The van der Waals surface area contributed by atoms with Gasteiger partial charge in [0.1, 0.15) is 17.5 Å². The summed E-state index contributed by atoms with van der Waals surface area (Å²) >= 11 is 1.77. The van der Waals surface area contributed by atoms with Crippen molar-refractivity contribution >= 4 is 42.0 Å². The van der Waals surface area contributed by atoms with Gasteiger partial charge >= 0.3 is 0 Å². The summed E-state index contributed by atoms with van der Waals surface area (Å²) in [5, 5.41) is 3.96. The molecule has 0 amide bonds. The van der Waals surface area contributed by atoms with Gasteiger partial charge in [-0.2, -0.15) is 0 Å². The highest BCUT2D eigenvalue weighted by Crippen LogP contribution is 2.38. The highest BCUT2D eigenvalue weighted by atomic mass is 32.2. The first-order valence-corrected chi connectivity index (χ1v) is 13.2. The number of rotatable bonds is 6. The molecular weight excluding hydrogens is 454 g/mol. The summed E-state index contributed by atoms with van der Waals surface area (Å²) in [5.74, 6) is -3.02. The molecule has 32 heavy (non-hydrogen) atoms. The molecule has 1 saturated heterocycles. The van der Waals surface area contributed by atoms with Crippen LogP contribution in [0.2, 0.25) is 0 Å². The number of nitrogens with one attached hydrogen (secondary N) is 1. The Hall–Kier alpha value is -1.96. The average molecular weight is 480 g/mol. The first kappa shape index (κ1) is 23.2. The van der Waals surface area contributed by atoms with Crippen LogP contribution in [0.25, 0.3) is 10.9 Å². The molecule has 0 aliphatic carbocycles. The summed E-state index contributed by atoms with van der Waals surface area (Å²) < 4.78 is 44.4. The molecule has 10 heteroatoms. The summed E-state index contributed by atoms with van der Waals surface area (Å²) in [7, 11) is -0.361. The molecule has 1 aromatic carbocycles. The zero-order chi connectivity index (χ0) is 22.9. The predicted octanol–water partition coefficient (Wildman–Crippen LogP) is 4.90. The van der Waals surface area contributed by atoms with E-state index in [0.29, 0.717) is 24.1 Å². The van der Waals surface area contributed by atoms with Crippen molar-refractivity contribution < 1.29 is 13.2 Å². The second-order valence-electron chi connectivity index (χ2n) is 7.80. The molecule has 5 nitrogen and oxygen atoms in total. The summed E-state index contributed by atoms with van der Waals surface area (Å²) in [6.07, 6.45) is 6.05. The third-order valence-electron chi connectivity index (χ3n) is 5.50. The number of halogens is 3. The van der Waals surface area contributed by atoms with E-state index in [0.717, 1.165) is 42.3 Å². The molecule has 4 rings (SSSR count). The number of hydrogen-bond donors (Lipinski definition) is 1. The standard InChI is InChI=1S/C22H25F3N5PS/c1-14-28-18-13-26-19(31-9-7-30(32-3)8-10-31)11-16(18)21(29-14)27-12-15-5-4-6-17(20(15)23)22(2,24)25/h4-6,11,13H,7-10,12H2,1-3H3,(H,27,28,29). The van der Waals surface area contributed by atoms with E-state index in [2.05, 4.69) is 30.8 Å². The van der Waals surface area contributed by atoms with Crippen LogP contribution in [0.4, 0.5) is 19.0 Å². The zero-order valence-corrected chi connectivity index (χ0v) is 19.9. The zero-order valence-electron chi connectivity index (χ0n) is 18.2. The third kappa shape index (κ3) is 5.00. The SMILES string of the molecule is CSN1CCP(c2cc3c(NCc4cccc(C(C)(F)F)c4F)nc(C)nc3cn2)CC1. The normalized spacial score (nSPS) is 15.9. The van der Waals surface area contributed by atoms with Crippen LogP contribution in [0.1, 0.15) is 23.9 Å². The minimum atomic E-state index is -3.24. The Balaban J connectivity index is 1.61. The summed E-state index contributed by atoms with van der Waals surface area (Å²) in [5.41, 5.74) is 1.32. The van der Waals surface area contributed by atoms with Crippen molar-refractivity contribution in [1.82, 2.24) is 19.3 Å². The Morgan fingerprint density at radius 3 is 2.66 bits per heavy atom. The molecule has 1 N–H and O–H groups in total. The summed E-state index contributed by atoms with van der Waals surface area (Å²) in [6.45, 7) is 4.60. The lowest BCUT2D eigenvalue weighted by Gasteiger charge is -2.30. The molecule has 170 valence electrons. The van der Waals surface area contributed by atoms with E-state index in [1.807, 2.05) is 6.07 Å². The van der Waals surface area contributed by atoms with Crippen molar-refractivity contribution in [3.8, 4) is 0 Å². The smallest absolute Gasteiger partial charge is 0.273 e. The number of aryl methyl sites for hydroxylation is 1. The number of alkyl halides is 2. The highest BCUT2D eigenvalue weighted by molar-refractivity contribution is 7.96. The molecule has 0 radical (unpaired) electrons. The maximum absolute atomic E-state index is 14.7. The van der Waals surface area contributed by atoms with Crippen molar-refractivity contribution in [2.45, 2.75) is 26.3 Å². The van der Waals surface area contributed by atoms with Gasteiger partial charge in [0, 0.05) is 37.5 Å². The Labute approximate surface area is 191 Å². The van der Waals surface area contributed by atoms with Gasteiger partial charge in [0.2, 0.25) is 0 Å². The van der Waals surface area contributed by atoms with E-state index in [1.54, 1.807) is 25.1 Å². The van der Waals surface area contributed by atoms with Crippen LogP contribution in [0.3, 0.4) is 0 Å². The number of anilines is 1. The third-order valence-corrected chi connectivity index (χ3v) is 8.75. The molecule has 0 atom stereocenters. The first-order chi connectivity index (χ1) is 15.3. The molecule has 0 saturated carbocycles. The van der Waals surface area contributed by atoms with E-state index in [9.17, 15) is 13.2 Å². The van der Waals surface area contributed by atoms with Gasteiger partial charge in [0.05, 0.1) is 22.7 Å². The minimum absolute atomic E-state index is 0.0381. The molecule has 3 heterocycles. The van der Waals surface area contributed by atoms with Crippen LogP contribution in [0, 0.1) is 12.7 Å². The number of hydrogen-bond acceptors (Lipinski definition) is 6. The molecule has 1 aliphatic rings. The molecule has 0 bridgehead atoms. The molecule has 1 fully saturated rings. The molecule has 3 aromatic rings. The Bertz CT molecular complexity index is 1120. The van der Waals surface area contributed by atoms with Crippen molar-refractivity contribution in [1.29, 1.82) is 0 Å². The van der Waals surface area contributed by atoms with E-state index < -0.39 is 17.3 Å². The van der Waals surface area contributed by atoms with Crippen LogP contribution in [0.15, 0.2) is 30.5 Å². The van der Waals surface area contributed by atoms with E-state index in [4.69, 9.17) is 0 Å². The van der Waals surface area contributed by atoms with Gasteiger partial charge in [0.25, 0.3) is 5.92 Å². The van der Waals surface area contributed by atoms with Crippen molar-refractivity contribution in [3.63, 3.8) is 0 Å². The largest absolute Gasteiger partial charge is 0.365 e. The van der Waals surface area contributed by atoms with Crippen LogP contribution in [0.5, 0.6) is 0 Å². The number of pyridine rings is 1. The summed E-state index contributed by atoms with van der Waals surface area (Å²) in [6, 6.07) is 6.10. The quantitative estimate of drug-likeness (QED) is 0.401. The fraction of sp³-hybridized carbons (Fsp3) is 0.409. The van der Waals surface area contributed by atoms with Gasteiger partial charge in [-0.3, -0.25) is 9.29 Å². The van der Waals surface area contributed by atoms with Crippen molar-refractivity contribution in [3.05, 3.63) is 53.2 Å². The van der Waals surface area contributed by atoms with Crippen LogP contribution in [-0.4, -0.2) is 50.9 Å². The lowest BCUT2D eigenvalue weighted by molar-refractivity contribution is 0.0136. The van der Waals surface area contributed by atoms with Gasteiger partial charge in [-0.15, -0.1) is 0 Å². The molecule has 0 spiro atoms. The van der Waals surface area contributed by atoms with Crippen molar-refractivity contribution in [2.24, 2.45) is 0 Å². The fourth-order valence-electron chi connectivity index (χ4n) is 3.78. The molecule has 2 aromatic heterocycles. The monoisotopic (exact) mass is 479 g/mol. The van der Waals surface area contributed by atoms with Gasteiger partial charge in [-0.25, -0.2) is 23.1 Å². The van der Waals surface area contributed by atoms with Gasteiger partial charge in [-0.05, 0) is 31.6 Å². The lowest BCUT2D eigenvalue weighted by atomic mass is 10.0. The summed E-state index contributed by atoms with van der Waals surface area (Å²) in [4.78, 5) is 13.7. The van der Waals surface area contributed by atoms with E-state index in [-0.39, 0.29) is 20.0 Å². The molecule has 0 unspecified atom stereocenters. The molecule has 1 aliphatic heterocycles. The molecular formula is C22H25F3N5PS. The Kier molecular flexibility index (Phi) is 6.89. The van der Waals surface area contributed by atoms with Gasteiger partial charge < -0.3 is 5.32 Å². The Morgan fingerprint density at radius 2 is 1.97 bits per heavy atom. The average Bonchev–Trinajstić information content (AvgIpc) is 2.77. The van der Waals surface area contributed by atoms with Gasteiger partial charge in [-0.1, -0.05) is 38.1 Å². The number of aromatic nitrogens is 3. The van der Waals surface area contributed by atoms with E-state index >= 15 is 0 Å². The van der Waals surface area contributed by atoms with Crippen LogP contribution < -0.4 is 10.8 Å². The number of fused-ring (bicyclic) bond motifs is 1. The van der Waals surface area contributed by atoms with Crippen LogP contribution in [-0.2, 0) is 12.5 Å². The fourth-order valence-corrected chi connectivity index (χ4v) is 6.78. The highest BCUT2D eigenvalue weighted by Gasteiger charge is 2.29. The number of benzene rings is 1. The maximum atomic E-state index is 14.7. The second kappa shape index (κ2) is 9.49. The lowest BCUT2D eigenvalue weighted by Crippen LogP contribution is -2.31. The number of nitrogens with zero attached hydrogens (tertiary/aromatic N) is 4. The van der Waals surface area contributed by atoms with Crippen molar-refractivity contribution in [2.75, 3.05) is 37.0 Å². The van der Waals surface area contributed by atoms with Gasteiger partial charge in [0.15, 0.2) is 0 Å². The Morgan fingerprint density at radius 1 is 1.22 bits per heavy atom. The minimum Gasteiger partial charge on any atom is -0.365 e.